The molecule has 0 saturated heterocycles. The van der Waals surface area contributed by atoms with Crippen LogP contribution in [-0.2, 0) is 16.1 Å². The highest BCUT2D eigenvalue weighted by molar-refractivity contribution is 5.87. The summed E-state index contributed by atoms with van der Waals surface area (Å²) in [6, 6.07) is 12.9. The Kier molecular flexibility index (Phi) is 5.75. The molecule has 9 nitrogen and oxygen atoms in total. The number of non-ortho nitro benzene ring substituents is 1. The molecule has 0 radical (unpaired) electrons. The third kappa shape index (κ3) is 4.58. The lowest BCUT2D eigenvalue weighted by atomic mass is 10.2. The number of nitro groups is 1. The molecule has 3 rings (SSSR count). The minimum Gasteiger partial charge on any atom is -0.496 e. The molecule has 0 saturated carbocycles. The van der Waals surface area contributed by atoms with E-state index in [1.807, 2.05) is 12.1 Å². The van der Waals surface area contributed by atoms with Crippen LogP contribution >= 0.6 is 0 Å². The molecule has 3 aromatic rings. The van der Waals surface area contributed by atoms with Crippen molar-refractivity contribution < 1.29 is 23.7 Å². The molecule has 142 valence electrons. The summed E-state index contributed by atoms with van der Waals surface area (Å²) in [4.78, 5) is 26.1. The molecule has 0 N–H and O–H groups in total. The third-order valence-corrected chi connectivity index (χ3v) is 3.67. The number of nitro benzene ring substituents is 1. The van der Waals surface area contributed by atoms with Gasteiger partial charge in [0.15, 0.2) is 6.61 Å². The first-order chi connectivity index (χ1) is 13.6. The molecule has 1 aromatic heterocycles. The van der Waals surface area contributed by atoms with Crippen molar-refractivity contribution in [3.63, 3.8) is 0 Å². The molecule has 0 aliphatic carbocycles. The van der Waals surface area contributed by atoms with Crippen molar-refractivity contribution in [2.75, 3.05) is 7.11 Å². The number of hydrogen-bond donors (Lipinski definition) is 0. The normalized spacial score (nSPS) is 10.8. The number of carbonyl (C=O) groups excluding carboxylic acids is 1. The average Bonchev–Trinajstić information content (AvgIpc) is 3.20. The highest BCUT2D eigenvalue weighted by Crippen LogP contribution is 2.27. The van der Waals surface area contributed by atoms with Gasteiger partial charge in [0.25, 0.3) is 11.6 Å². The maximum absolute atomic E-state index is 11.8. The predicted molar refractivity (Wildman–Crippen MR) is 98.2 cm³/mol. The van der Waals surface area contributed by atoms with Gasteiger partial charge < -0.3 is 14.0 Å². The van der Waals surface area contributed by atoms with E-state index in [9.17, 15) is 14.9 Å². The van der Waals surface area contributed by atoms with Crippen molar-refractivity contribution in [3.8, 4) is 17.1 Å². The van der Waals surface area contributed by atoms with E-state index in [0.717, 1.165) is 0 Å². The smallest absolute Gasteiger partial charge is 0.331 e. The Balaban J connectivity index is 1.58. The van der Waals surface area contributed by atoms with Gasteiger partial charge in [0.05, 0.1) is 17.6 Å². The number of carbonyl (C=O) groups is 1. The standard InChI is InChI=1S/C19H15N3O6/c1-26-16-5-3-2-4-15(16)19-20-17(28-21-19)12-27-18(23)11-8-13-6-9-14(10-7-13)22(24)25/h2-11H,12H2,1H3/b11-8+. The van der Waals surface area contributed by atoms with Gasteiger partial charge in [0.1, 0.15) is 5.75 Å². The minimum absolute atomic E-state index is 0.0260. The van der Waals surface area contributed by atoms with Crippen LogP contribution in [0.25, 0.3) is 17.5 Å². The summed E-state index contributed by atoms with van der Waals surface area (Å²) in [5, 5.41) is 14.5. The predicted octanol–water partition coefficient (Wildman–Crippen LogP) is 3.41. The van der Waals surface area contributed by atoms with Crippen molar-refractivity contribution in [2.24, 2.45) is 0 Å². The monoisotopic (exact) mass is 381 g/mol. The van der Waals surface area contributed by atoms with Gasteiger partial charge in [-0.3, -0.25) is 10.1 Å². The number of methoxy groups -OCH3 is 1. The highest BCUT2D eigenvalue weighted by Gasteiger charge is 2.13. The molecule has 9 heteroatoms. The van der Waals surface area contributed by atoms with E-state index in [4.69, 9.17) is 14.0 Å². The van der Waals surface area contributed by atoms with Crippen LogP contribution in [0.15, 0.2) is 59.1 Å². The zero-order chi connectivity index (χ0) is 19.9. The lowest BCUT2D eigenvalue weighted by Gasteiger charge is -2.03. The Morgan fingerprint density at radius 2 is 1.96 bits per heavy atom. The van der Waals surface area contributed by atoms with Gasteiger partial charge in [0, 0.05) is 18.2 Å². The molecule has 0 amide bonds. The van der Waals surface area contributed by atoms with Gasteiger partial charge >= 0.3 is 5.97 Å². The SMILES string of the molecule is COc1ccccc1-c1noc(COC(=O)/C=C/c2ccc([N+](=O)[O-])cc2)n1. The zero-order valence-corrected chi connectivity index (χ0v) is 14.8. The summed E-state index contributed by atoms with van der Waals surface area (Å²) in [5.41, 5.74) is 1.25. The highest BCUT2D eigenvalue weighted by atomic mass is 16.6. The van der Waals surface area contributed by atoms with Crippen LogP contribution in [0.1, 0.15) is 11.5 Å². The van der Waals surface area contributed by atoms with E-state index in [-0.39, 0.29) is 18.2 Å². The first kappa shape index (κ1) is 18.8. The van der Waals surface area contributed by atoms with Crippen LogP contribution in [0.3, 0.4) is 0 Å². The molecular weight excluding hydrogens is 366 g/mol. The van der Waals surface area contributed by atoms with Crippen molar-refractivity contribution in [3.05, 3.63) is 76.2 Å². The van der Waals surface area contributed by atoms with Crippen molar-refractivity contribution in [2.45, 2.75) is 6.61 Å². The maximum atomic E-state index is 11.8. The molecule has 0 atom stereocenters. The molecule has 28 heavy (non-hydrogen) atoms. The number of hydrogen-bond acceptors (Lipinski definition) is 8. The molecule has 1 heterocycles. The van der Waals surface area contributed by atoms with E-state index in [1.54, 1.807) is 19.2 Å². The van der Waals surface area contributed by atoms with Gasteiger partial charge in [-0.2, -0.15) is 4.98 Å². The Labute approximate surface area is 159 Å². The van der Waals surface area contributed by atoms with E-state index < -0.39 is 10.9 Å². The molecule has 0 bridgehead atoms. The Hall–Kier alpha value is -4.01. The number of aromatic nitrogens is 2. The zero-order valence-electron chi connectivity index (χ0n) is 14.8. The lowest BCUT2D eigenvalue weighted by molar-refractivity contribution is -0.384. The van der Waals surface area contributed by atoms with Crippen LogP contribution in [0.4, 0.5) is 5.69 Å². The first-order valence-electron chi connectivity index (χ1n) is 8.12. The second-order valence-electron chi connectivity index (χ2n) is 5.50. The van der Waals surface area contributed by atoms with E-state index in [0.29, 0.717) is 22.7 Å². The van der Waals surface area contributed by atoms with Crippen LogP contribution in [0.2, 0.25) is 0 Å². The topological polar surface area (TPSA) is 118 Å². The van der Waals surface area contributed by atoms with Crippen LogP contribution < -0.4 is 4.74 Å². The first-order valence-corrected chi connectivity index (χ1v) is 8.12. The molecule has 0 unspecified atom stereocenters. The molecular formula is C19H15N3O6. The number of rotatable bonds is 7. The number of benzene rings is 2. The largest absolute Gasteiger partial charge is 0.496 e. The van der Waals surface area contributed by atoms with Gasteiger partial charge in [-0.25, -0.2) is 4.79 Å². The summed E-state index contributed by atoms with van der Waals surface area (Å²) in [5.74, 6) is 0.441. The number of ether oxygens (including phenoxy) is 2. The number of nitrogens with zero attached hydrogens (tertiary/aromatic N) is 3. The molecule has 0 aliphatic heterocycles. The van der Waals surface area contributed by atoms with Crippen molar-refractivity contribution >= 4 is 17.7 Å². The minimum atomic E-state index is -0.615. The van der Waals surface area contributed by atoms with Gasteiger partial charge in [-0.15, -0.1) is 0 Å². The van der Waals surface area contributed by atoms with Crippen LogP contribution in [-0.4, -0.2) is 28.1 Å². The quantitative estimate of drug-likeness (QED) is 0.264. The summed E-state index contributed by atoms with van der Waals surface area (Å²) >= 11 is 0. The second kappa shape index (κ2) is 8.58. The molecule has 2 aromatic carbocycles. The van der Waals surface area contributed by atoms with Gasteiger partial charge in [-0.05, 0) is 35.9 Å². The molecule has 0 aliphatic rings. The van der Waals surface area contributed by atoms with E-state index in [2.05, 4.69) is 10.1 Å². The van der Waals surface area contributed by atoms with Crippen molar-refractivity contribution in [1.29, 1.82) is 0 Å². The fourth-order valence-electron chi connectivity index (χ4n) is 2.30. The summed E-state index contributed by atoms with van der Waals surface area (Å²) in [7, 11) is 1.54. The average molecular weight is 381 g/mol. The second-order valence-corrected chi connectivity index (χ2v) is 5.50. The maximum Gasteiger partial charge on any atom is 0.331 e. The van der Waals surface area contributed by atoms with Crippen molar-refractivity contribution in [1.82, 2.24) is 10.1 Å². The summed E-state index contributed by atoms with van der Waals surface area (Å²) in [6.45, 7) is -0.189. The fraction of sp³-hybridized carbons (Fsp3) is 0.105. The van der Waals surface area contributed by atoms with Crippen LogP contribution in [0, 0.1) is 10.1 Å². The van der Waals surface area contributed by atoms with Crippen LogP contribution in [0.5, 0.6) is 5.75 Å². The fourth-order valence-corrected chi connectivity index (χ4v) is 2.30. The summed E-state index contributed by atoms with van der Waals surface area (Å²) < 4.78 is 15.4. The Morgan fingerprint density at radius 3 is 2.68 bits per heavy atom. The Morgan fingerprint density at radius 1 is 1.21 bits per heavy atom. The molecule has 0 fully saturated rings. The number of para-hydroxylation sites is 1. The van der Waals surface area contributed by atoms with E-state index in [1.165, 1.54) is 36.4 Å². The summed E-state index contributed by atoms with van der Waals surface area (Å²) in [6.07, 6.45) is 2.69. The number of esters is 1. The van der Waals surface area contributed by atoms with Gasteiger partial charge in [-0.1, -0.05) is 17.3 Å². The Bertz CT molecular complexity index is 1010. The third-order valence-electron chi connectivity index (χ3n) is 3.67. The molecule has 0 spiro atoms. The lowest BCUT2D eigenvalue weighted by Crippen LogP contribution is -2.01. The van der Waals surface area contributed by atoms with Gasteiger partial charge in [0.2, 0.25) is 5.82 Å². The van der Waals surface area contributed by atoms with E-state index >= 15 is 0 Å².